The number of aryl methyl sites for hydroxylation is 1. The molecular formula is C41H76O5. The van der Waals surface area contributed by atoms with E-state index in [0.717, 1.165) is 25.2 Å². The molecule has 0 saturated carbocycles. The van der Waals surface area contributed by atoms with Crippen molar-refractivity contribution in [2.45, 2.75) is 168 Å². The van der Waals surface area contributed by atoms with E-state index in [9.17, 15) is 0 Å². The molecule has 5 heteroatoms. The average molecular weight is 649 g/mol. The van der Waals surface area contributed by atoms with E-state index >= 15 is 0 Å². The first-order chi connectivity index (χ1) is 22.9. The number of ether oxygens (including phenoxy) is 5. The fourth-order valence-corrected chi connectivity index (χ4v) is 5.77. The molecule has 0 aliphatic heterocycles. The van der Waals surface area contributed by atoms with Crippen molar-refractivity contribution < 1.29 is 23.7 Å². The smallest absolute Gasteiger partial charge is 0.119 e. The van der Waals surface area contributed by atoms with Gasteiger partial charge in [0, 0.05) is 6.61 Å². The molecule has 0 spiro atoms. The highest BCUT2D eigenvalue weighted by Crippen LogP contribution is 2.16. The number of unbranched alkanes of at least 4 members (excludes halogenated alkanes) is 21. The van der Waals surface area contributed by atoms with Crippen LogP contribution < -0.4 is 4.74 Å². The van der Waals surface area contributed by atoms with Crippen molar-refractivity contribution in [1.82, 2.24) is 0 Å². The van der Waals surface area contributed by atoms with Gasteiger partial charge in [-0.2, -0.15) is 0 Å². The average Bonchev–Trinajstić information content (AvgIpc) is 3.07. The van der Waals surface area contributed by atoms with E-state index in [1.807, 2.05) is 0 Å². The molecule has 1 aromatic rings. The molecule has 1 aromatic carbocycles. The summed E-state index contributed by atoms with van der Waals surface area (Å²) in [6.45, 7) is 10.2. The minimum absolute atomic E-state index is 0.555. The van der Waals surface area contributed by atoms with Crippen molar-refractivity contribution in [3.05, 3.63) is 29.8 Å². The van der Waals surface area contributed by atoms with Gasteiger partial charge in [0.25, 0.3) is 0 Å². The molecule has 0 aliphatic carbocycles. The Morgan fingerprint density at radius 3 is 1.07 bits per heavy atom. The van der Waals surface area contributed by atoms with Gasteiger partial charge < -0.3 is 23.7 Å². The van der Waals surface area contributed by atoms with E-state index in [-0.39, 0.29) is 0 Å². The summed E-state index contributed by atoms with van der Waals surface area (Å²) in [5.74, 6) is 0.911. The Labute approximate surface area is 286 Å². The molecule has 0 aliphatic rings. The van der Waals surface area contributed by atoms with E-state index in [4.69, 9.17) is 23.7 Å². The molecule has 0 unspecified atom stereocenters. The topological polar surface area (TPSA) is 46.2 Å². The van der Waals surface area contributed by atoms with E-state index in [2.05, 4.69) is 38.1 Å². The second-order valence-electron chi connectivity index (χ2n) is 13.1. The zero-order chi connectivity index (χ0) is 32.9. The van der Waals surface area contributed by atoms with Crippen LogP contribution >= 0.6 is 0 Å². The quantitative estimate of drug-likeness (QED) is 0.0668. The lowest BCUT2D eigenvalue weighted by Gasteiger charge is -2.09. The van der Waals surface area contributed by atoms with Crippen LogP contribution in [0.15, 0.2) is 24.3 Å². The maximum absolute atomic E-state index is 5.80. The van der Waals surface area contributed by atoms with Crippen LogP contribution in [0.4, 0.5) is 0 Å². The van der Waals surface area contributed by atoms with E-state index in [1.54, 1.807) is 0 Å². The molecule has 5 nitrogen and oxygen atoms in total. The molecule has 0 heterocycles. The lowest BCUT2D eigenvalue weighted by molar-refractivity contribution is -0.00487. The molecule has 0 saturated heterocycles. The maximum Gasteiger partial charge on any atom is 0.119 e. The molecular weight excluding hydrogens is 572 g/mol. The number of hydrogen-bond donors (Lipinski definition) is 0. The minimum Gasteiger partial charge on any atom is -0.491 e. The summed E-state index contributed by atoms with van der Waals surface area (Å²) in [5.41, 5.74) is 1.40. The molecule has 0 atom stereocenters. The van der Waals surface area contributed by atoms with Gasteiger partial charge in [-0.15, -0.1) is 0 Å². The second-order valence-corrected chi connectivity index (χ2v) is 13.1. The third-order valence-electron chi connectivity index (χ3n) is 8.75. The summed E-state index contributed by atoms with van der Waals surface area (Å²) >= 11 is 0. The molecule has 270 valence electrons. The SMILES string of the molecule is CCCCCCCCCCCCCCCCCCOCCOCCOCCOCCOc1ccc(CCCCCCCCC)cc1. The van der Waals surface area contributed by atoms with Crippen molar-refractivity contribution in [3.8, 4) is 5.75 Å². The van der Waals surface area contributed by atoms with Gasteiger partial charge >= 0.3 is 0 Å². The van der Waals surface area contributed by atoms with Crippen molar-refractivity contribution in [2.75, 3.05) is 59.5 Å². The van der Waals surface area contributed by atoms with Gasteiger partial charge in [-0.25, -0.2) is 0 Å². The van der Waals surface area contributed by atoms with Crippen LogP contribution in [0.25, 0.3) is 0 Å². The Morgan fingerprint density at radius 1 is 0.326 bits per heavy atom. The molecule has 0 radical (unpaired) electrons. The van der Waals surface area contributed by atoms with Crippen LogP contribution in [0, 0.1) is 0 Å². The molecule has 1 rings (SSSR count). The zero-order valence-electron chi connectivity index (χ0n) is 30.7. The van der Waals surface area contributed by atoms with Gasteiger partial charge in [-0.1, -0.05) is 161 Å². The highest BCUT2D eigenvalue weighted by molar-refractivity contribution is 5.27. The van der Waals surface area contributed by atoms with Crippen LogP contribution in [0.5, 0.6) is 5.75 Å². The molecule has 46 heavy (non-hydrogen) atoms. The van der Waals surface area contributed by atoms with E-state index in [0.29, 0.717) is 52.9 Å². The highest BCUT2D eigenvalue weighted by Gasteiger charge is 1.99. The first kappa shape index (κ1) is 42.9. The molecule has 0 N–H and O–H groups in total. The summed E-state index contributed by atoms with van der Waals surface area (Å²) in [6.07, 6.45) is 33.0. The number of benzene rings is 1. The van der Waals surface area contributed by atoms with E-state index < -0.39 is 0 Å². The summed E-state index contributed by atoms with van der Waals surface area (Å²) in [7, 11) is 0. The predicted octanol–water partition coefficient (Wildman–Crippen LogP) is 11.7. The summed E-state index contributed by atoms with van der Waals surface area (Å²) in [6, 6.07) is 8.53. The van der Waals surface area contributed by atoms with Gasteiger partial charge in [0.15, 0.2) is 0 Å². The first-order valence-electron chi connectivity index (χ1n) is 19.9. The van der Waals surface area contributed by atoms with E-state index in [1.165, 1.54) is 147 Å². The Kier molecular flexibility index (Phi) is 34.2. The van der Waals surface area contributed by atoms with Crippen LogP contribution in [0.1, 0.15) is 167 Å². The Balaban J connectivity index is 1.71. The fraction of sp³-hybridized carbons (Fsp3) is 0.854. The third-order valence-corrected chi connectivity index (χ3v) is 8.75. The van der Waals surface area contributed by atoms with Crippen molar-refractivity contribution >= 4 is 0 Å². The normalized spacial score (nSPS) is 11.4. The Hall–Kier alpha value is -1.14. The summed E-state index contributed by atoms with van der Waals surface area (Å²) in [4.78, 5) is 0. The molecule has 0 aromatic heterocycles. The lowest BCUT2D eigenvalue weighted by Crippen LogP contribution is -2.13. The van der Waals surface area contributed by atoms with Gasteiger partial charge in [0.1, 0.15) is 12.4 Å². The van der Waals surface area contributed by atoms with Crippen LogP contribution in [-0.2, 0) is 25.4 Å². The molecule has 0 fully saturated rings. The Morgan fingerprint density at radius 2 is 0.652 bits per heavy atom. The third kappa shape index (κ3) is 31.5. The van der Waals surface area contributed by atoms with Gasteiger partial charge in [0.05, 0.1) is 46.2 Å². The first-order valence-corrected chi connectivity index (χ1v) is 19.9. The van der Waals surface area contributed by atoms with Gasteiger partial charge in [-0.3, -0.25) is 0 Å². The van der Waals surface area contributed by atoms with Crippen LogP contribution in [-0.4, -0.2) is 59.5 Å². The zero-order valence-corrected chi connectivity index (χ0v) is 30.7. The lowest BCUT2D eigenvalue weighted by atomic mass is 10.0. The number of rotatable bonds is 38. The van der Waals surface area contributed by atoms with Crippen LogP contribution in [0.3, 0.4) is 0 Å². The van der Waals surface area contributed by atoms with Crippen molar-refractivity contribution in [1.29, 1.82) is 0 Å². The van der Waals surface area contributed by atoms with Gasteiger partial charge in [0.2, 0.25) is 0 Å². The minimum atomic E-state index is 0.555. The maximum atomic E-state index is 5.80. The summed E-state index contributed by atoms with van der Waals surface area (Å²) in [5, 5.41) is 0. The molecule has 0 amide bonds. The highest BCUT2D eigenvalue weighted by atomic mass is 16.6. The van der Waals surface area contributed by atoms with Crippen LogP contribution in [0.2, 0.25) is 0 Å². The fourth-order valence-electron chi connectivity index (χ4n) is 5.77. The number of hydrogen-bond acceptors (Lipinski definition) is 5. The Bertz CT molecular complexity index is 695. The monoisotopic (exact) mass is 649 g/mol. The van der Waals surface area contributed by atoms with Crippen molar-refractivity contribution in [2.24, 2.45) is 0 Å². The standard InChI is InChI=1S/C41H76O5/c1-3-5-7-9-11-12-13-14-15-16-17-18-19-21-23-25-31-42-32-33-43-34-35-44-36-37-45-38-39-46-41-29-27-40(28-30-41)26-24-22-20-10-8-6-4-2/h27-30H,3-26,31-39H2,1-2H3. The molecule has 0 bridgehead atoms. The predicted molar refractivity (Wildman–Crippen MR) is 196 cm³/mol. The second kappa shape index (κ2) is 36.7. The van der Waals surface area contributed by atoms with Crippen molar-refractivity contribution in [3.63, 3.8) is 0 Å². The summed E-state index contributed by atoms with van der Waals surface area (Å²) < 4.78 is 28.3. The van der Waals surface area contributed by atoms with Gasteiger partial charge in [-0.05, 0) is 37.0 Å². The largest absolute Gasteiger partial charge is 0.491 e.